The monoisotopic (exact) mass is 237 g/mol. The number of nitrogen functional groups attached to an aromatic ring is 1. The van der Waals surface area contributed by atoms with Crippen LogP contribution in [0.4, 0.5) is 11.8 Å². The normalized spacial score (nSPS) is 11.2. The van der Waals surface area contributed by atoms with Gasteiger partial charge in [-0.2, -0.15) is 4.98 Å². The maximum atomic E-state index is 11.6. The van der Waals surface area contributed by atoms with E-state index >= 15 is 0 Å². The molecule has 2 aromatic rings. The molecular formula is C9H11N5O3. The average molecular weight is 237 g/mol. The number of nitrogens with two attached hydrogens (primary N) is 1. The molecule has 0 fully saturated rings. The predicted octanol–water partition coefficient (Wildman–Crippen LogP) is 0.796. The molecule has 0 aliphatic carbocycles. The Kier molecular flexibility index (Phi) is 2.34. The first-order valence-electron chi connectivity index (χ1n) is 4.97. The van der Waals surface area contributed by atoms with Crippen LogP contribution in [0, 0.1) is 10.1 Å². The lowest BCUT2D eigenvalue weighted by molar-refractivity contribution is -0.392. The maximum Gasteiger partial charge on any atom is 0.325 e. The minimum atomic E-state index is -0.544. The summed E-state index contributed by atoms with van der Waals surface area (Å²) in [5.41, 5.74) is 5.18. The van der Waals surface area contributed by atoms with Gasteiger partial charge in [-0.25, -0.2) is 4.57 Å². The summed E-state index contributed by atoms with van der Waals surface area (Å²) in [6.45, 7) is 3.54. The van der Waals surface area contributed by atoms with Crippen LogP contribution in [0.3, 0.4) is 0 Å². The van der Waals surface area contributed by atoms with Crippen LogP contribution in [-0.4, -0.2) is 19.5 Å². The zero-order valence-electron chi connectivity index (χ0n) is 9.30. The van der Waals surface area contributed by atoms with E-state index in [1.807, 2.05) is 0 Å². The SMILES string of the molecule is CC(C)n1c([N+](=O)[O-])cc2c(=O)[nH]c(N)nc21. The van der Waals surface area contributed by atoms with Gasteiger partial charge >= 0.3 is 5.82 Å². The van der Waals surface area contributed by atoms with Crippen molar-refractivity contribution >= 4 is 22.8 Å². The Morgan fingerprint density at radius 3 is 2.76 bits per heavy atom. The summed E-state index contributed by atoms with van der Waals surface area (Å²) in [5, 5.41) is 11.1. The van der Waals surface area contributed by atoms with Gasteiger partial charge in [0.25, 0.3) is 5.56 Å². The summed E-state index contributed by atoms with van der Waals surface area (Å²) in [5.74, 6) is -0.226. The summed E-state index contributed by atoms with van der Waals surface area (Å²) in [7, 11) is 0. The van der Waals surface area contributed by atoms with E-state index in [2.05, 4.69) is 9.97 Å². The van der Waals surface area contributed by atoms with E-state index in [4.69, 9.17) is 5.73 Å². The highest BCUT2D eigenvalue weighted by atomic mass is 16.6. The van der Waals surface area contributed by atoms with Crippen molar-refractivity contribution in [1.82, 2.24) is 14.5 Å². The number of fused-ring (bicyclic) bond motifs is 1. The number of hydrogen-bond acceptors (Lipinski definition) is 5. The quantitative estimate of drug-likeness (QED) is 0.591. The third-order valence-corrected chi connectivity index (χ3v) is 2.41. The van der Waals surface area contributed by atoms with Gasteiger partial charge in [0.05, 0.1) is 12.1 Å². The molecule has 0 bridgehead atoms. The van der Waals surface area contributed by atoms with E-state index in [9.17, 15) is 14.9 Å². The molecule has 2 rings (SSSR count). The topological polar surface area (TPSA) is 120 Å². The number of aromatic amines is 1. The van der Waals surface area contributed by atoms with E-state index in [1.165, 1.54) is 10.6 Å². The highest BCUT2D eigenvalue weighted by molar-refractivity contribution is 5.80. The molecular weight excluding hydrogens is 226 g/mol. The molecule has 3 N–H and O–H groups in total. The standard InChI is InChI=1S/C9H11N5O3/c1-4(2)13-6(14(16)17)3-5-7(13)11-9(10)12-8(5)15/h3-4H,1-2H3,(H3,10,11,12,15). The first-order chi connectivity index (χ1) is 7.91. The summed E-state index contributed by atoms with van der Waals surface area (Å²) in [6.07, 6.45) is 0. The van der Waals surface area contributed by atoms with Gasteiger partial charge in [-0.15, -0.1) is 0 Å². The van der Waals surface area contributed by atoms with Gasteiger partial charge in [0.15, 0.2) is 0 Å². The van der Waals surface area contributed by atoms with E-state index in [-0.39, 0.29) is 28.8 Å². The third-order valence-electron chi connectivity index (χ3n) is 2.41. The number of rotatable bonds is 2. The van der Waals surface area contributed by atoms with E-state index < -0.39 is 10.5 Å². The van der Waals surface area contributed by atoms with Gasteiger partial charge in [-0.3, -0.25) is 9.78 Å². The third kappa shape index (κ3) is 1.63. The number of nitro groups is 1. The Labute approximate surface area is 95.2 Å². The highest BCUT2D eigenvalue weighted by Crippen LogP contribution is 2.25. The van der Waals surface area contributed by atoms with Gasteiger partial charge in [0.1, 0.15) is 5.39 Å². The van der Waals surface area contributed by atoms with Crippen LogP contribution in [0.2, 0.25) is 0 Å². The van der Waals surface area contributed by atoms with Crippen molar-refractivity contribution < 1.29 is 4.92 Å². The molecule has 0 spiro atoms. The number of nitrogens with zero attached hydrogens (tertiary/aromatic N) is 3. The molecule has 8 heteroatoms. The fourth-order valence-electron chi connectivity index (χ4n) is 1.76. The van der Waals surface area contributed by atoms with Crippen LogP contribution in [0.25, 0.3) is 11.0 Å². The molecule has 17 heavy (non-hydrogen) atoms. The summed E-state index contributed by atoms with van der Waals surface area (Å²) in [6, 6.07) is 1.02. The molecule has 0 aromatic carbocycles. The molecule has 0 aliphatic rings. The first-order valence-corrected chi connectivity index (χ1v) is 4.97. The Morgan fingerprint density at radius 2 is 2.24 bits per heavy atom. The number of nitrogens with one attached hydrogen (secondary N) is 1. The van der Waals surface area contributed by atoms with Crippen molar-refractivity contribution in [1.29, 1.82) is 0 Å². The Hall–Kier alpha value is -2.38. The van der Waals surface area contributed by atoms with Crippen LogP contribution >= 0.6 is 0 Å². The Morgan fingerprint density at radius 1 is 1.59 bits per heavy atom. The Bertz CT molecular complexity index is 654. The number of hydrogen-bond donors (Lipinski definition) is 2. The van der Waals surface area contributed by atoms with Gasteiger partial charge < -0.3 is 15.8 Å². The number of anilines is 1. The molecule has 0 saturated carbocycles. The van der Waals surface area contributed by atoms with Gasteiger partial charge in [-0.1, -0.05) is 0 Å². The van der Waals surface area contributed by atoms with E-state index in [0.717, 1.165) is 0 Å². The van der Waals surface area contributed by atoms with Crippen molar-refractivity contribution in [3.63, 3.8) is 0 Å². The summed E-state index contributed by atoms with van der Waals surface area (Å²) in [4.78, 5) is 28.2. The molecule has 90 valence electrons. The molecule has 0 aliphatic heterocycles. The lowest BCUT2D eigenvalue weighted by Crippen LogP contribution is -2.12. The Balaban J connectivity index is 2.95. The second kappa shape index (κ2) is 3.58. The van der Waals surface area contributed by atoms with Crippen LogP contribution in [0.5, 0.6) is 0 Å². The molecule has 2 aromatic heterocycles. The fraction of sp³-hybridized carbons (Fsp3) is 0.333. The van der Waals surface area contributed by atoms with Crippen molar-refractivity contribution in [2.24, 2.45) is 0 Å². The average Bonchev–Trinajstić information content (AvgIpc) is 2.56. The smallest absolute Gasteiger partial charge is 0.325 e. The first kappa shape index (κ1) is 11.1. The molecule has 8 nitrogen and oxygen atoms in total. The molecule has 0 amide bonds. The molecule has 0 unspecified atom stereocenters. The van der Waals surface area contributed by atoms with Crippen molar-refractivity contribution in [3.8, 4) is 0 Å². The zero-order chi connectivity index (χ0) is 12.7. The molecule has 2 heterocycles. The number of H-pyrrole nitrogens is 1. The fourth-order valence-corrected chi connectivity index (χ4v) is 1.76. The van der Waals surface area contributed by atoms with Crippen LogP contribution in [-0.2, 0) is 0 Å². The minimum absolute atomic E-state index is 0.0580. The van der Waals surface area contributed by atoms with Crippen LogP contribution in [0.1, 0.15) is 19.9 Å². The van der Waals surface area contributed by atoms with Crippen molar-refractivity contribution in [2.45, 2.75) is 19.9 Å². The van der Waals surface area contributed by atoms with Crippen LogP contribution < -0.4 is 11.3 Å². The van der Waals surface area contributed by atoms with Crippen molar-refractivity contribution in [2.75, 3.05) is 5.73 Å². The highest BCUT2D eigenvalue weighted by Gasteiger charge is 2.24. The van der Waals surface area contributed by atoms with Gasteiger partial charge in [-0.05, 0) is 18.8 Å². The number of aromatic nitrogens is 3. The molecule has 0 atom stereocenters. The molecule has 0 saturated heterocycles. The predicted molar refractivity (Wildman–Crippen MR) is 61.8 cm³/mol. The van der Waals surface area contributed by atoms with E-state index in [0.29, 0.717) is 0 Å². The lowest BCUT2D eigenvalue weighted by Gasteiger charge is -2.05. The molecule has 0 radical (unpaired) electrons. The minimum Gasteiger partial charge on any atom is -0.369 e. The largest absolute Gasteiger partial charge is 0.369 e. The second-order valence-electron chi connectivity index (χ2n) is 3.91. The maximum absolute atomic E-state index is 11.6. The van der Waals surface area contributed by atoms with Crippen LogP contribution in [0.15, 0.2) is 10.9 Å². The zero-order valence-corrected chi connectivity index (χ0v) is 9.30. The van der Waals surface area contributed by atoms with Gasteiger partial charge in [0.2, 0.25) is 11.6 Å². The summed E-state index contributed by atoms with van der Waals surface area (Å²) < 4.78 is 1.38. The summed E-state index contributed by atoms with van der Waals surface area (Å²) >= 11 is 0. The second-order valence-corrected chi connectivity index (χ2v) is 3.91. The van der Waals surface area contributed by atoms with Crippen molar-refractivity contribution in [3.05, 3.63) is 26.5 Å². The van der Waals surface area contributed by atoms with E-state index in [1.54, 1.807) is 13.8 Å². The lowest BCUT2D eigenvalue weighted by atomic mass is 10.4. The van der Waals surface area contributed by atoms with Gasteiger partial charge in [0, 0.05) is 0 Å².